The van der Waals surface area contributed by atoms with Gasteiger partial charge in [-0.2, -0.15) is 0 Å². The molecule has 0 bridgehead atoms. The highest BCUT2D eigenvalue weighted by Crippen LogP contribution is 2.52. The second-order valence-corrected chi connectivity index (χ2v) is 10.7. The Morgan fingerprint density at radius 3 is 2.69 bits per heavy atom. The van der Waals surface area contributed by atoms with Crippen molar-refractivity contribution in [2.75, 3.05) is 37.4 Å². The highest BCUT2D eigenvalue weighted by Gasteiger charge is 2.56. The van der Waals surface area contributed by atoms with Crippen molar-refractivity contribution in [3.8, 4) is 17.6 Å². The summed E-state index contributed by atoms with van der Waals surface area (Å²) in [6.07, 6.45) is 3.27. The minimum absolute atomic E-state index is 0.338. The van der Waals surface area contributed by atoms with Gasteiger partial charge in [-0.15, -0.1) is 0 Å². The van der Waals surface area contributed by atoms with Crippen molar-refractivity contribution in [1.82, 2.24) is 19.9 Å². The molecule has 2 aromatic carbocycles. The smallest absolute Gasteiger partial charge is 0.141 e. The quantitative estimate of drug-likeness (QED) is 0.273. The fraction of sp³-hybridized carbons (Fsp3) is 0.300. The third-order valence-corrected chi connectivity index (χ3v) is 8.13. The molecule has 3 fully saturated rings. The summed E-state index contributed by atoms with van der Waals surface area (Å²) in [6.45, 7) is 4.36. The van der Waals surface area contributed by atoms with E-state index >= 15 is 0 Å². The van der Waals surface area contributed by atoms with E-state index in [1.165, 1.54) is 6.33 Å². The summed E-state index contributed by atoms with van der Waals surface area (Å²) in [5.41, 5.74) is 10.2. The summed E-state index contributed by atoms with van der Waals surface area (Å²) in [4.78, 5) is 15.7. The normalized spacial score (nSPS) is 22.0. The topological polar surface area (TPSA) is 98.4 Å². The van der Waals surface area contributed by atoms with Crippen LogP contribution < -0.4 is 15.8 Å². The van der Waals surface area contributed by atoms with Crippen LogP contribution in [0.25, 0.3) is 10.9 Å². The van der Waals surface area contributed by atoms with Crippen LogP contribution in [0.15, 0.2) is 61.1 Å². The van der Waals surface area contributed by atoms with Gasteiger partial charge in [0.15, 0.2) is 0 Å². The minimum Gasteiger partial charge on any atom is -0.486 e. The maximum absolute atomic E-state index is 6.50. The van der Waals surface area contributed by atoms with Crippen molar-refractivity contribution in [2.45, 2.75) is 12.6 Å². The van der Waals surface area contributed by atoms with Gasteiger partial charge in [0.25, 0.3) is 0 Å². The van der Waals surface area contributed by atoms with Crippen LogP contribution in [0.5, 0.6) is 5.75 Å². The summed E-state index contributed by atoms with van der Waals surface area (Å²) in [5.74, 6) is 9.86. The van der Waals surface area contributed by atoms with Crippen LogP contribution in [0.4, 0.5) is 17.2 Å². The molecule has 0 spiro atoms. The van der Waals surface area contributed by atoms with E-state index in [4.69, 9.17) is 26.8 Å². The van der Waals surface area contributed by atoms with Gasteiger partial charge in [-0.05, 0) is 54.3 Å². The molecular weight excluding hydrogens is 512 g/mol. The van der Waals surface area contributed by atoms with Gasteiger partial charge >= 0.3 is 0 Å². The molecule has 1 saturated carbocycles. The van der Waals surface area contributed by atoms with Gasteiger partial charge in [-0.25, -0.2) is 9.97 Å². The average molecular weight is 539 g/mol. The maximum Gasteiger partial charge on any atom is 0.141 e. The molecule has 3 atom stereocenters. The van der Waals surface area contributed by atoms with Crippen LogP contribution in [0.3, 0.4) is 0 Å². The second-order valence-electron chi connectivity index (χ2n) is 10.3. The number of nitrogens with zero attached hydrogens (tertiary/aromatic N) is 4. The summed E-state index contributed by atoms with van der Waals surface area (Å²) in [6, 6.07) is 15.7. The van der Waals surface area contributed by atoms with Crippen LogP contribution >= 0.6 is 11.6 Å². The van der Waals surface area contributed by atoms with E-state index in [2.05, 4.69) is 37.0 Å². The Morgan fingerprint density at radius 1 is 1.08 bits per heavy atom. The van der Waals surface area contributed by atoms with Gasteiger partial charge in [0, 0.05) is 47.5 Å². The number of nitrogen functional groups attached to an aromatic ring is 1. The van der Waals surface area contributed by atoms with Crippen molar-refractivity contribution in [3.05, 3.63) is 77.3 Å². The van der Waals surface area contributed by atoms with Crippen LogP contribution in [-0.4, -0.2) is 52.2 Å². The highest BCUT2D eigenvalue weighted by molar-refractivity contribution is 6.32. The SMILES string of the molecule is Nc1cc2c(Nc3ccc(OCc4ccccn4)c(Cl)c3)ncnc2cc1C#CC1[C@H]2CN(C3COC3)C[C@@H]12. The molecular formula is C30H27ClN6O2. The number of aromatic nitrogens is 3. The molecule has 7 rings (SSSR count). The number of halogens is 1. The van der Waals surface area contributed by atoms with Crippen molar-refractivity contribution in [3.63, 3.8) is 0 Å². The van der Waals surface area contributed by atoms with Gasteiger partial charge in [-0.3, -0.25) is 9.88 Å². The highest BCUT2D eigenvalue weighted by atomic mass is 35.5. The summed E-state index contributed by atoms with van der Waals surface area (Å²) in [7, 11) is 0. The number of anilines is 3. The predicted octanol–water partition coefficient (Wildman–Crippen LogP) is 4.51. The standard InChI is InChI=1S/C30H27ClN6O2/c31-26-10-19(5-7-29(26)39-14-20-3-1-2-8-33-20)36-30-23-11-27(32)18(9-28(23)34-17-35-30)4-6-22-24-12-37(13-25(22)24)21-15-38-16-21/h1-3,5,7-11,17,21-22,24-25H,12-16,32H2,(H,34,35,36)/t22?,24-,25+. The zero-order chi connectivity index (χ0) is 26.3. The number of nitrogens with two attached hydrogens (primary N) is 1. The van der Waals surface area contributed by atoms with Crippen molar-refractivity contribution in [2.24, 2.45) is 17.8 Å². The number of nitrogens with one attached hydrogen (secondary N) is 1. The van der Waals surface area contributed by atoms with Gasteiger partial charge < -0.3 is 20.5 Å². The first kappa shape index (κ1) is 24.2. The number of fused-ring (bicyclic) bond motifs is 2. The first-order valence-corrected chi connectivity index (χ1v) is 13.5. The molecule has 0 amide bonds. The molecule has 3 N–H and O–H groups in total. The number of pyridine rings is 1. The lowest BCUT2D eigenvalue weighted by Gasteiger charge is -2.35. The first-order valence-electron chi connectivity index (χ1n) is 13.1. The molecule has 1 aliphatic carbocycles. The number of hydrogen-bond donors (Lipinski definition) is 2. The molecule has 0 radical (unpaired) electrons. The Kier molecular flexibility index (Phi) is 6.20. The Morgan fingerprint density at radius 2 is 1.95 bits per heavy atom. The minimum atomic E-state index is 0.338. The fourth-order valence-electron chi connectivity index (χ4n) is 5.46. The number of benzene rings is 2. The summed E-state index contributed by atoms with van der Waals surface area (Å²) >= 11 is 6.50. The number of likely N-dealkylation sites (tertiary alicyclic amines) is 1. The molecule has 1 unspecified atom stereocenters. The predicted molar refractivity (Wildman–Crippen MR) is 151 cm³/mol. The van der Waals surface area contributed by atoms with E-state index in [1.807, 2.05) is 42.5 Å². The summed E-state index contributed by atoms with van der Waals surface area (Å²) in [5, 5.41) is 4.64. The lowest BCUT2D eigenvalue weighted by atomic mass is 10.1. The van der Waals surface area contributed by atoms with E-state index in [0.29, 0.717) is 52.7 Å². The van der Waals surface area contributed by atoms with Crippen LogP contribution in [-0.2, 0) is 11.3 Å². The molecule has 3 aliphatic rings. The fourth-order valence-corrected chi connectivity index (χ4v) is 5.70. The Hall–Kier alpha value is -3.90. The number of hydrogen-bond acceptors (Lipinski definition) is 8. The van der Waals surface area contributed by atoms with E-state index in [9.17, 15) is 0 Å². The number of rotatable bonds is 6. The largest absolute Gasteiger partial charge is 0.486 e. The molecule has 196 valence electrons. The maximum atomic E-state index is 6.50. The van der Waals surface area contributed by atoms with E-state index in [1.54, 1.807) is 12.3 Å². The first-order chi connectivity index (χ1) is 19.1. The van der Waals surface area contributed by atoms with E-state index in [-0.39, 0.29) is 0 Å². The van der Waals surface area contributed by atoms with Crippen molar-refractivity contribution in [1.29, 1.82) is 0 Å². The zero-order valence-corrected chi connectivity index (χ0v) is 21.9. The average Bonchev–Trinajstić information content (AvgIpc) is 3.36. The third kappa shape index (κ3) is 4.85. The van der Waals surface area contributed by atoms with Gasteiger partial charge in [-0.1, -0.05) is 29.5 Å². The molecule has 39 heavy (non-hydrogen) atoms. The van der Waals surface area contributed by atoms with Crippen LogP contribution in [0.2, 0.25) is 5.02 Å². The summed E-state index contributed by atoms with van der Waals surface area (Å²) < 4.78 is 11.2. The van der Waals surface area contributed by atoms with E-state index in [0.717, 1.165) is 54.2 Å². The van der Waals surface area contributed by atoms with Gasteiger partial charge in [0.05, 0.1) is 35.5 Å². The monoisotopic (exact) mass is 538 g/mol. The Labute approximate surface area is 231 Å². The van der Waals surface area contributed by atoms with Crippen molar-refractivity contribution < 1.29 is 9.47 Å². The van der Waals surface area contributed by atoms with Gasteiger partial charge in [0.2, 0.25) is 0 Å². The molecule has 2 saturated heterocycles. The molecule has 4 heterocycles. The third-order valence-electron chi connectivity index (χ3n) is 7.84. The Balaban J connectivity index is 1.04. The van der Waals surface area contributed by atoms with Crippen LogP contribution in [0.1, 0.15) is 11.3 Å². The molecule has 8 nitrogen and oxygen atoms in total. The molecule has 2 aliphatic heterocycles. The Bertz CT molecular complexity index is 1590. The molecule has 9 heteroatoms. The lowest BCUT2D eigenvalue weighted by Crippen LogP contribution is -2.48. The number of piperidine rings is 1. The molecule has 4 aromatic rings. The second kappa shape index (κ2) is 10.0. The lowest BCUT2D eigenvalue weighted by molar-refractivity contribution is -0.0612. The van der Waals surface area contributed by atoms with Crippen molar-refractivity contribution >= 4 is 39.7 Å². The zero-order valence-electron chi connectivity index (χ0n) is 21.2. The van der Waals surface area contributed by atoms with Crippen LogP contribution in [0, 0.1) is 29.6 Å². The number of ether oxygens (including phenoxy) is 2. The molecule has 2 aromatic heterocycles. The van der Waals surface area contributed by atoms with E-state index < -0.39 is 0 Å². The van der Waals surface area contributed by atoms with Gasteiger partial charge in [0.1, 0.15) is 24.5 Å².